The largest absolute Gasteiger partial charge is 0.390 e. The van der Waals surface area contributed by atoms with Crippen molar-refractivity contribution in [3.8, 4) is 0 Å². The van der Waals surface area contributed by atoms with Gasteiger partial charge in [0.15, 0.2) is 0 Å². The molecule has 0 aromatic carbocycles. The Bertz CT molecular complexity index is 523. The molecule has 0 amide bonds. The van der Waals surface area contributed by atoms with Gasteiger partial charge in [-0.15, -0.1) is 0 Å². The summed E-state index contributed by atoms with van der Waals surface area (Å²) in [6, 6.07) is 0. The maximum absolute atomic E-state index is 12.2. The van der Waals surface area contributed by atoms with E-state index >= 15 is 0 Å². The summed E-state index contributed by atoms with van der Waals surface area (Å²) in [4.78, 5) is 0.0727. The lowest BCUT2D eigenvalue weighted by molar-refractivity contribution is 0.273. The van der Waals surface area contributed by atoms with Crippen LogP contribution in [0.3, 0.4) is 0 Å². The fourth-order valence-electron chi connectivity index (χ4n) is 1.86. The summed E-state index contributed by atoms with van der Waals surface area (Å²) in [7, 11) is -3.62. The van der Waals surface area contributed by atoms with Gasteiger partial charge in [-0.3, -0.25) is 5.10 Å². The van der Waals surface area contributed by atoms with Crippen molar-refractivity contribution in [3.63, 3.8) is 0 Å². The highest BCUT2D eigenvalue weighted by atomic mass is 32.2. The SMILES string of the molecule is Cc1[nH]nc(CO)c1S(=O)(=O)NCC1CSCCS1. The molecule has 1 aromatic rings. The van der Waals surface area contributed by atoms with Gasteiger partial charge >= 0.3 is 0 Å². The molecule has 1 fully saturated rings. The number of aliphatic hydroxyl groups is 1. The van der Waals surface area contributed by atoms with E-state index in [1.54, 1.807) is 18.7 Å². The van der Waals surface area contributed by atoms with Crippen LogP contribution >= 0.6 is 23.5 Å². The molecule has 6 nitrogen and oxygen atoms in total. The minimum Gasteiger partial charge on any atom is -0.390 e. The molecule has 2 heterocycles. The van der Waals surface area contributed by atoms with Crippen molar-refractivity contribution in [2.45, 2.75) is 23.7 Å². The first-order valence-corrected chi connectivity index (χ1v) is 9.57. The van der Waals surface area contributed by atoms with Crippen LogP contribution in [0.2, 0.25) is 0 Å². The molecule has 3 N–H and O–H groups in total. The predicted octanol–water partition coefficient (Wildman–Crippen LogP) is 0.337. The first-order valence-electron chi connectivity index (χ1n) is 5.88. The van der Waals surface area contributed by atoms with E-state index in [1.807, 2.05) is 11.8 Å². The van der Waals surface area contributed by atoms with Crippen LogP contribution in [0.25, 0.3) is 0 Å². The average Bonchev–Trinajstić information content (AvgIpc) is 2.80. The van der Waals surface area contributed by atoms with Crippen molar-refractivity contribution in [2.24, 2.45) is 0 Å². The average molecular weight is 323 g/mol. The summed E-state index contributed by atoms with van der Waals surface area (Å²) in [5.41, 5.74) is 0.609. The number of H-pyrrole nitrogens is 1. The molecule has 108 valence electrons. The minimum atomic E-state index is -3.62. The molecule has 19 heavy (non-hydrogen) atoms. The Morgan fingerprint density at radius 2 is 2.32 bits per heavy atom. The van der Waals surface area contributed by atoms with Gasteiger partial charge in [-0.2, -0.15) is 28.6 Å². The highest BCUT2D eigenvalue weighted by molar-refractivity contribution is 8.06. The third-order valence-electron chi connectivity index (χ3n) is 2.77. The summed E-state index contributed by atoms with van der Waals surface area (Å²) < 4.78 is 27.1. The van der Waals surface area contributed by atoms with Crippen molar-refractivity contribution >= 4 is 33.5 Å². The van der Waals surface area contributed by atoms with Gasteiger partial charge < -0.3 is 5.11 Å². The van der Waals surface area contributed by atoms with E-state index in [2.05, 4.69) is 14.9 Å². The number of aromatic amines is 1. The maximum atomic E-state index is 12.2. The molecular weight excluding hydrogens is 306 g/mol. The van der Waals surface area contributed by atoms with Gasteiger partial charge in [-0.25, -0.2) is 13.1 Å². The van der Waals surface area contributed by atoms with Crippen LogP contribution in [0.1, 0.15) is 11.4 Å². The molecule has 2 rings (SSSR count). The molecule has 1 aliphatic rings. The molecule has 1 atom stereocenters. The van der Waals surface area contributed by atoms with Gasteiger partial charge in [0.25, 0.3) is 0 Å². The number of hydrogen-bond donors (Lipinski definition) is 3. The molecule has 1 saturated heterocycles. The van der Waals surface area contributed by atoms with Gasteiger partial charge in [0, 0.05) is 29.1 Å². The first-order chi connectivity index (χ1) is 9.04. The molecule has 0 bridgehead atoms. The Kier molecular flexibility index (Phi) is 5.18. The quantitative estimate of drug-likeness (QED) is 0.723. The van der Waals surface area contributed by atoms with Crippen molar-refractivity contribution < 1.29 is 13.5 Å². The van der Waals surface area contributed by atoms with Crippen LogP contribution in [-0.4, -0.2) is 52.8 Å². The maximum Gasteiger partial charge on any atom is 0.244 e. The Balaban J connectivity index is 2.07. The number of aliphatic hydroxyl groups excluding tert-OH is 1. The summed E-state index contributed by atoms with van der Waals surface area (Å²) in [5.74, 6) is 3.15. The molecule has 9 heteroatoms. The minimum absolute atomic E-state index is 0.0727. The second kappa shape index (κ2) is 6.49. The van der Waals surface area contributed by atoms with E-state index in [-0.39, 0.29) is 10.6 Å². The van der Waals surface area contributed by atoms with E-state index in [0.717, 1.165) is 17.3 Å². The predicted molar refractivity (Wildman–Crippen MR) is 78.0 cm³/mol. The number of rotatable bonds is 5. The van der Waals surface area contributed by atoms with Crippen molar-refractivity contribution in [1.29, 1.82) is 0 Å². The standard InChI is InChI=1S/C10H17N3O3S3/c1-7-10(9(5-14)13-12-7)19(15,16)11-4-8-6-17-2-3-18-8/h8,11,14H,2-6H2,1H3,(H,12,13). The first kappa shape index (κ1) is 15.2. The van der Waals surface area contributed by atoms with Crippen LogP contribution in [0.4, 0.5) is 0 Å². The number of nitrogens with one attached hydrogen (secondary N) is 2. The molecular formula is C10H17N3O3S3. The number of sulfonamides is 1. The van der Waals surface area contributed by atoms with Crippen molar-refractivity contribution in [3.05, 3.63) is 11.4 Å². The van der Waals surface area contributed by atoms with Crippen molar-refractivity contribution in [2.75, 3.05) is 23.8 Å². The number of aryl methyl sites for hydroxylation is 1. The van der Waals surface area contributed by atoms with Crippen LogP contribution in [0, 0.1) is 6.92 Å². The van der Waals surface area contributed by atoms with Gasteiger partial charge in [0.1, 0.15) is 10.6 Å². The normalized spacial score (nSPS) is 20.6. The van der Waals surface area contributed by atoms with Gasteiger partial charge in [0.05, 0.1) is 12.3 Å². The van der Waals surface area contributed by atoms with Gasteiger partial charge in [-0.05, 0) is 6.92 Å². The Labute approximate surface area is 121 Å². The number of thioether (sulfide) groups is 2. The lowest BCUT2D eigenvalue weighted by Gasteiger charge is -2.21. The monoisotopic (exact) mass is 323 g/mol. The number of hydrogen-bond acceptors (Lipinski definition) is 6. The summed E-state index contributed by atoms with van der Waals surface area (Å²) in [6.45, 7) is 1.65. The second-order valence-corrected chi connectivity index (χ2v) is 8.46. The van der Waals surface area contributed by atoms with Gasteiger partial charge in [-0.1, -0.05) is 0 Å². The molecule has 1 unspecified atom stereocenters. The number of aromatic nitrogens is 2. The van der Waals surface area contributed by atoms with Crippen LogP contribution in [-0.2, 0) is 16.6 Å². The topological polar surface area (TPSA) is 95.1 Å². The highest BCUT2D eigenvalue weighted by Crippen LogP contribution is 2.24. The molecule has 0 aliphatic carbocycles. The van der Waals surface area contributed by atoms with Crippen LogP contribution in [0.5, 0.6) is 0 Å². The fraction of sp³-hybridized carbons (Fsp3) is 0.700. The van der Waals surface area contributed by atoms with Gasteiger partial charge in [0.2, 0.25) is 10.0 Å². The smallest absolute Gasteiger partial charge is 0.244 e. The van der Waals surface area contributed by atoms with Crippen molar-refractivity contribution in [1.82, 2.24) is 14.9 Å². The Morgan fingerprint density at radius 3 is 2.95 bits per heavy atom. The third-order valence-corrected chi connectivity index (χ3v) is 7.24. The van der Waals surface area contributed by atoms with E-state index in [0.29, 0.717) is 17.5 Å². The lowest BCUT2D eigenvalue weighted by atomic mass is 10.4. The summed E-state index contributed by atoms with van der Waals surface area (Å²) in [5, 5.41) is 15.8. The highest BCUT2D eigenvalue weighted by Gasteiger charge is 2.25. The summed E-state index contributed by atoms with van der Waals surface area (Å²) in [6.07, 6.45) is 0. The van der Waals surface area contributed by atoms with Crippen LogP contribution in [0.15, 0.2) is 4.90 Å². The molecule has 1 aliphatic heterocycles. The zero-order valence-corrected chi connectivity index (χ0v) is 13.0. The molecule has 0 spiro atoms. The van der Waals surface area contributed by atoms with E-state index < -0.39 is 16.6 Å². The fourth-order valence-corrected chi connectivity index (χ4v) is 6.01. The van der Waals surface area contributed by atoms with Crippen LogP contribution < -0.4 is 4.72 Å². The molecule has 0 radical (unpaired) electrons. The summed E-state index contributed by atoms with van der Waals surface area (Å²) >= 11 is 3.64. The number of nitrogens with zero attached hydrogens (tertiary/aromatic N) is 1. The lowest BCUT2D eigenvalue weighted by Crippen LogP contribution is -2.34. The third kappa shape index (κ3) is 3.66. The Hall–Kier alpha value is -0.220. The zero-order chi connectivity index (χ0) is 13.9. The zero-order valence-electron chi connectivity index (χ0n) is 10.5. The Morgan fingerprint density at radius 1 is 1.53 bits per heavy atom. The van der Waals surface area contributed by atoms with E-state index in [9.17, 15) is 8.42 Å². The second-order valence-electron chi connectivity index (χ2n) is 4.20. The van der Waals surface area contributed by atoms with E-state index in [1.165, 1.54) is 0 Å². The molecule has 1 aromatic heterocycles. The van der Waals surface area contributed by atoms with E-state index in [4.69, 9.17) is 5.11 Å². The molecule has 0 saturated carbocycles.